The van der Waals surface area contributed by atoms with Gasteiger partial charge in [0.1, 0.15) is 4.75 Å². The average molecular weight is 302 g/mol. The highest BCUT2D eigenvalue weighted by molar-refractivity contribution is 8.77. The first-order chi connectivity index (χ1) is 9.88. The van der Waals surface area contributed by atoms with Crippen molar-refractivity contribution in [3.05, 3.63) is 71.8 Å². The minimum Gasteiger partial charge on any atom is -0.379 e. The Morgan fingerprint density at radius 1 is 0.950 bits per heavy atom. The number of benzene rings is 2. The molecule has 0 aromatic heterocycles. The lowest BCUT2D eigenvalue weighted by Gasteiger charge is -2.43. The van der Waals surface area contributed by atoms with E-state index in [-0.39, 0.29) is 10.9 Å². The largest absolute Gasteiger partial charge is 0.379 e. The van der Waals surface area contributed by atoms with Crippen molar-refractivity contribution >= 4 is 21.6 Å². The maximum atomic E-state index is 5.88. The molecule has 3 heteroatoms. The first-order valence-corrected chi connectivity index (χ1v) is 9.14. The Kier molecular flexibility index (Phi) is 4.39. The van der Waals surface area contributed by atoms with Gasteiger partial charge in [0.2, 0.25) is 0 Å². The molecular formula is C17H18OS2. The molecule has 1 atom stereocenters. The molecule has 1 saturated heterocycles. The zero-order chi connectivity index (χ0) is 13.8. The fraction of sp³-hybridized carbons (Fsp3) is 0.294. The molecule has 0 aliphatic carbocycles. The molecule has 20 heavy (non-hydrogen) atoms. The second kappa shape index (κ2) is 6.25. The van der Waals surface area contributed by atoms with Crippen molar-refractivity contribution in [2.75, 3.05) is 12.9 Å². The summed E-state index contributed by atoms with van der Waals surface area (Å²) in [4.78, 5) is 0. The molecule has 1 nitrogen and oxygen atoms in total. The Hall–Kier alpha value is -0.900. The number of hydrogen-bond acceptors (Lipinski definition) is 3. The SMILES string of the molecule is COC1CCSSC1(c1ccccc1)c1ccccc1. The van der Waals surface area contributed by atoms with Crippen LogP contribution in [0.15, 0.2) is 60.7 Å². The molecule has 0 bridgehead atoms. The molecule has 2 aromatic rings. The van der Waals surface area contributed by atoms with Crippen LogP contribution in [0.1, 0.15) is 17.5 Å². The van der Waals surface area contributed by atoms with Crippen LogP contribution in [-0.2, 0) is 9.48 Å². The molecule has 1 aliphatic heterocycles. The first-order valence-electron chi connectivity index (χ1n) is 6.82. The molecular weight excluding hydrogens is 284 g/mol. The number of methoxy groups -OCH3 is 1. The third kappa shape index (κ3) is 2.39. The van der Waals surface area contributed by atoms with Gasteiger partial charge in [0.25, 0.3) is 0 Å². The monoisotopic (exact) mass is 302 g/mol. The summed E-state index contributed by atoms with van der Waals surface area (Å²) in [5.41, 5.74) is 2.66. The number of hydrogen-bond donors (Lipinski definition) is 0. The smallest absolute Gasteiger partial charge is 0.102 e. The van der Waals surface area contributed by atoms with Gasteiger partial charge in [0.05, 0.1) is 6.10 Å². The van der Waals surface area contributed by atoms with Crippen LogP contribution in [0.25, 0.3) is 0 Å². The fourth-order valence-corrected chi connectivity index (χ4v) is 6.20. The highest BCUT2D eigenvalue weighted by atomic mass is 33.1. The maximum absolute atomic E-state index is 5.88. The molecule has 0 spiro atoms. The highest BCUT2D eigenvalue weighted by Gasteiger charge is 2.45. The van der Waals surface area contributed by atoms with E-state index >= 15 is 0 Å². The van der Waals surface area contributed by atoms with Gasteiger partial charge in [0, 0.05) is 12.9 Å². The summed E-state index contributed by atoms with van der Waals surface area (Å²) >= 11 is 0. The lowest BCUT2D eigenvalue weighted by molar-refractivity contribution is 0.0760. The molecule has 2 aromatic carbocycles. The molecule has 0 amide bonds. The molecule has 1 heterocycles. The summed E-state index contributed by atoms with van der Waals surface area (Å²) in [5.74, 6) is 1.14. The van der Waals surface area contributed by atoms with Gasteiger partial charge < -0.3 is 4.74 Å². The quantitative estimate of drug-likeness (QED) is 0.759. The zero-order valence-electron chi connectivity index (χ0n) is 11.5. The summed E-state index contributed by atoms with van der Waals surface area (Å²) in [7, 11) is 5.72. The summed E-state index contributed by atoms with van der Waals surface area (Å²) in [6, 6.07) is 21.5. The lowest BCUT2D eigenvalue weighted by atomic mass is 9.84. The molecule has 0 N–H and O–H groups in total. The Bertz CT molecular complexity index is 502. The van der Waals surface area contributed by atoms with Gasteiger partial charge in [-0.25, -0.2) is 0 Å². The minimum atomic E-state index is -0.111. The van der Waals surface area contributed by atoms with Gasteiger partial charge in [-0.2, -0.15) is 0 Å². The summed E-state index contributed by atoms with van der Waals surface area (Å²) in [6.07, 6.45) is 1.29. The van der Waals surface area contributed by atoms with Crippen LogP contribution in [0.5, 0.6) is 0 Å². The third-order valence-electron chi connectivity index (χ3n) is 3.80. The summed E-state index contributed by atoms with van der Waals surface area (Å²) in [6.45, 7) is 0. The highest BCUT2D eigenvalue weighted by Crippen LogP contribution is 2.55. The maximum Gasteiger partial charge on any atom is 0.102 e. The van der Waals surface area contributed by atoms with E-state index in [1.165, 1.54) is 11.1 Å². The van der Waals surface area contributed by atoms with E-state index in [4.69, 9.17) is 4.74 Å². The van der Waals surface area contributed by atoms with E-state index in [0.29, 0.717) is 0 Å². The van der Waals surface area contributed by atoms with Crippen LogP contribution in [0.2, 0.25) is 0 Å². The van der Waals surface area contributed by atoms with Gasteiger partial charge >= 0.3 is 0 Å². The van der Waals surface area contributed by atoms with Crippen molar-refractivity contribution < 1.29 is 4.74 Å². The molecule has 1 fully saturated rings. The van der Waals surface area contributed by atoms with E-state index in [2.05, 4.69) is 60.7 Å². The van der Waals surface area contributed by atoms with Gasteiger partial charge in [0.15, 0.2) is 0 Å². The fourth-order valence-electron chi connectivity index (χ4n) is 2.84. The molecule has 1 aliphatic rings. The number of ether oxygens (including phenoxy) is 1. The molecule has 3 rings (SSSR count). The summed E-state index contributed by atoms with van der Waals surface area (Å²) < 4.78 is 5.77. The van der Waals surface area contributed by atoms with Crippen LogP contribution in [0.3, 0.4) is 0 Å². The average Bonchev–Trinajstić information content (AvgIpc) is 2.56. The molecule has 0 radical (unpaired) electrons. The Morgan fingerprint density at radius 2 is 1.50 bits per heavy atom. The van der Waals surface area contributed by atoms with Gasteiger partial charge in [-0.05, 0) is 17.5 Å². The van der Waals surface area contributed by atoms with Crippen molar-refractivity contribution in [1.82, 2.24) is 0 Å². The van der Waals surface area contributed by atoms with Crippen LogP contribution in [0, 0.1) is 0 Å². The second-order valence-electron chi connectivity index (χ2n) is 4.89. The Labute approximate surface area is 128 Å². The second-order valence-corrected chi connectivity index (χ2v) is 7.55. The van der Waals surface area contributed by atoms with Crippen molar-refractivity contribution in [2.24, 2.45) is 0 Å². The predicted molar refractivity (Wildman–Crippen MR) is 89.1 cm³/mol. The standard InChI is InChI=1S/C17H18OS2/c1-18-16-12-13-19-20-17(16,14-8-4-2-5-9-14)15-10-6-3-7-11-15/h2-11,16H,12-13H2,1H3. The zero-order valence-corrected chi connectivity index (χ0v) is 13.1. The van der Waals surface area contributed by atoms with Crippen molar-refractivity contribution in [3.63, 3.8) is 0 Å². The first kappa shape index (κ1) is 14.1. The van der Waals surface area contributed by atoms with E-state index in [1.807, 2.05) is 28.7 Å². The molecule has 104 valence electrons. The predicted octanol–water partition coefficient (Wildman–Crippen LogP) is 4.73. The van der Waals surface area contributed by atoms with Crippen LogP contribution < -0.4 is 0 Å². The van der Waals surface area contributed by atoms with Crippen molar-refractivity contribution in [3.8, 4) is 0 Å². The Morgan fingerprint density at radius 3 is 2.00 bits per heavy atom. The summed E-state index contributed by atoms with van der Waals surface area (Å²) in [5, 5.41) is 0. The van der Waals surface area contributed by atoms with Crippen LogP contribution >= 0.6 is 21.6 Å². The topological polar surface area (TPSA) is 9.23 Å². The van der Waals surface area contributed by atoms with Gasteiger partial charge in [-0.3, -0.25) is 0 Å². The van der Waals surface area contributed by atoms with Gasteiger partial charge in [-0.15, -0.1) is 0 Å². The van der Waals surface area contributed by atoms with E-state index in [0.717, 1.165) is 12.2 Å². The van der Waals surface area contributed by atoms with E-state index in [1.54, 1.807) is 0 Å². The van der Waals surface area contributed by atoms with Crippen molar-refractivity contribution in [2.45, 2.75) is 17.3 Å². The molecule has 0 saturated carbocycles. The van der Waals surface area contributed by atoms with Crippen LogP contribution in [-0.4, -0.2) is 19.0 Å². The van der Waals surface area contributed by atoms with Crippen LogP contribution in [0.4, 0.5) is 0 Å². The normalized spacial score (nSPS) is 21.6. The van der Waals surface area contributed by atoms with Crippen molar-refractivity contribution in [1.29, 1.82) is 0 Å². The van der Waals surface area contributed by atoms with Gasteiger partial charge in [-0.1, -0.05) is 82.3 Å². The Balaban J connectivity index is 2.17. The lowest BCUT2D eigenvalue weighted by Crippen LogP contribution is -2.41. The molecule has 1 unspecified atom stereocenters. The minimum absolute atomic E-state index is 0.111. The third-order valence-corrected chi connectivity index (χ3v) is 6.96. The number of rotatable bonds is 3. The van der Waals surface area contributed by atoms with E-state index in [9.17, 15) is 0 Å². The van der Waals surface area contributed by atoms with E-state index < -0.39 is 0 Å².